The fourth-order valence-corrected chi connectivity index (χ4v) is 4.84. The van der Waals surface area contributed by atoms with Crippen LogP contribution in [0.1, 0.15) is 40.4 Å². The molecule has 2 aliphatic rings. The van der Waals surface area contributed by atoms with Gasteiger partial charge in [0.15, 0.2) is 5.82 Å². The number of aromatic amines is 1. The molecule has 2 heterocycles. The molecular formula is C25H24N4O5. The quantitative estimate of drug-likeness (QED) is 0.515. The number of ether oxygens (including phenoxy) is 1. The van der Waals surface area contributed by atoms with Crippen molar-refractivity contribution < 1.29 is 24.2 Å². The first-order chi connectivity index (χ1) is 16.5. The first kappa shape index (κ1) is 21.7. The minimum Gasteiger partial charge on any atom is -0.481 e. The van der Waals surface area contributed by atoms with Gasteiger partial charge in [0, 0.05) is 31.5 Å². The van der Waals surface area contributed by atoms with Crippen molar-refractivity contribution in [3.05, 3.63) is 71.4 Å². The van der Waals surface area contributed by atoms with Crippen molar-refractivity contribution >= 4 is 23.8 Å². The number of aromatic nitrogens is 2. The van der Waals surface area contributed by atoms with E-state index >= 15 is 0 Å². The van der Waals surface area contributed by atoms with Gasteiger partial charge in [-0.3, -0.25) is 20.0 Å². The van der Waals surface area contributed by atoms with Gasteiger partial charge in [-0.1, -0.05) is 48.5 Å². The molecule has 1 fully saturated rings. The fraction of sp³-hybridized carbons (Fsp3) is 0.280. The van der Waals surface area contributed by atoms with E-state index in [-0.39, 0.29) is 42.3 Å². The zero-order valence-electron chi connectivity index (χ0n) is 18.4. The number of carboxylic acids is 1. The van der Waals surface area contributed by atoms with Crippen LogP contribution in [0.4, 0.5) is 10.6 Å². The molecule has 1 aliphatic carbocycles. The number of carbonyl (C=O) groups excluding carboxylic acids is 2. The third-order valence-corrected chi connectivity index (χ3v) is 6.42. The lowest BCUT2D eigenvalue weighted by Crippen LogP contribution is -2.29. The molecule has 3 aromatic rings. The minimum absolute atomic E-state index is 0.0430. The Morgan fingerprint density at radius 3 is 2.44 bits per heavy atom. The average molecular weight is 460 g/mol. The highest BCUT2D eigenvalue weighted by atomic mass is 16.5. The van der Waals surface area contributed by atoms with Gasteiger partial charge in [0.25, 0.3) is 5.91 Å². The van der Waals surface area contributed by atoms with Crippen LogP contribution in [0.3, 0.4) is 0 Å². The topological polar surface area (TPSA) is 125 Å². The summed E-state index contributed by atoms with van der Waals surface area (Å²) < 4.78 is 5.51. The Morgan fingerprint density at radius 2 is 1.76 bits per heavy atom. The van der Waals surface area contributed by atoms with Crippen molar-refractivity contribution in [2.45, 2.75) is 18.8 Å². The third kappa shape index (κ3) is 4.24. The van der Waals surface area contributed by atoms with Crippen molar-refractivity contribution in [1.29, 1.82) is 0 Å². The summed E-state index contributed by atoms with van der Waals surface area (Å²) in [6.07, 6.45) is 0.0355. The number of aliphatic carboxylic acids is 1. The molecular weight excluding hydrogens is 436 g/mol. The zero-order valence-corrected chi connectivity index (χ0v) is 18.4. The smallest absolute Gasteiger partial charge is 0.412 e. The predicted octanol–water partition coefficient (Wildman–Crippen LogP) is 3.71. The molecule has 1 unspecified atom stereocenters. The standard InChI is InChI=1S/C25H24N4O5/c30-23(31)11-15-9-10-29(13-15)24(32)21-12-22(28-27-21)26-25(33)34-14-20-18-7-3-1-5-16(18)17-6-2-4-8-19(17)20/h1-8,12,15,20H,9-11,13-14H2,(H,30,31)(H2,26,27,28,33). The van der Waals surface area contributed by atoms with Gasteiger partial charge in [0.2, 0.25) is 0 Å². The second-order valence-electron chi connectivity index (χ2n) is 8.62. The Bertz CT molecular complexity index is 1210. The summed E-state index contributed by atoms with van der Waals surface area (Å²) >= 11 is 0. The highest BCUT2D eigenvalue weighted by Crippen LogP contribution is 2.44. The van der Waals surface area contributed by atoms with E-state index in [9.17, 15) is 14.4 Å². The lowest BCUT2D eigenvalue weighted by Gasteiger charge is -2.14. The highest BCUT2D eigenvalue weighted by Gasteiger charge is 2.30. The van der Waals surface area contributed by atoms with Gasteiger partial charge in [0.05, 0.1) is 0 Å². The number of anilines is 1. The van der Waals surface area contributed by atoms with Crippen LogP contribution in [0.5, 0.6) is 0 Å². The Morgan fingerprint density at radius 1 is 1.09 bits per heavy atom. The Labute approximate surface area is 195 Å². The summed E-state index contributed by atoms with van der Waals surface area (Å²) in [5, 5.41) is 18.1. The monoisotopic (exact) mass is 460 g/mol. The Balaban J connectivity index is 1.18. The van der Waals surface area contributed by atoms with Gasteiger partial charge in [-0.05, 0) is 34.6 Å². The molecule has 1 atom stereocenters. The van der Waals surface area contributed by atoms with Gasteiger partial charge >= 0.3 is 12.1 Å². The lowest BCUT2D eigenvalue weighted by molar-refractivity contribution is -0.138. The number of H-pyrrole nitrogens is 1. The molecule has 0 saturated carbocycles. The number of rotatable bonds is 6. The molecule has 2 amide bonds. The molecule has 9 nitrogen and oxygen atoms in total. The molecule has 0 radical (unpaired) electrons. The minimum atomic E-state index is -0.865. The van der Waals surface area contributed by atoms with Gasteiger partial charge in [-0.2, -0.15) is 5.10 Å². The molecule has 1 saturated heterocycles. The number of nitrogens with one attached hydrogen (secondary N) is 2. The third-order valence-electron chi connectivity index (χ3n) is 6.42. The van der Waals surface area contributed by atoms with Crippen LogP contribution in [0, 0.1) is 5.92 Å². The summed E-state index contributed by atoms with van der Waals surface area (Å²) in [5.74, 6) is -1.07. The van der Waals surface area contributed by atoms with E-state index in [1.54, 1.807) is 4.90 Å². The van der Waals surface area contributed by atoms with E-state index < -0.39 is 12.1 Å². The number of carbonyl (C=O) groups is 3. The zero-order chi connectivity index (χ0) is 23.7. The van der Waals surface area contributed by atoms with Crippen molar-refractivity contribution in [1.82, 2.24) is 15.1 Å². The molecule has 0 bridgehead atoms. The normalized spacial score (nSPS) is 16.7. The van der Waals surface area contributed by atoms with Gasteiger partial charge < -0.3 is 14.7 Å². The molecule has 1 aliphatic heterocycles. The maximum atomic E-state index is 12.7. The van der Waals surface area contributed by atoms with Crippen molar-refractivity contribution in [3.8, 4) is 11.1 Å². The summed E-state index contributed by atoms with van der Waals surface area (Å²) in [4.78, 5) is 37.6. The number of nitrogens with zero attached hydrogens (tertiary/aromatic N) is 2. The summed E-state index contributed by atoms with van der Waals surface area (Å²) in [6.45, 7) is 1.05. The number of amides is 2. The number of hydrogen-bond donors (Lipinski definition) is 3. The number of hydrogen-bond acceptors (Lipinski definition) is 5. The molecule has 1 aromatic heterocycles. The molecule has 174 valence electrons. The molecule has 9 heteroatoms. The van der Waals surface area contributed by atoms with Crippen molar-refractivity contribution in [2.75, 3.05) is 25.0 Å². The van der Waals surface area contributed by atoms with E-state index in [0.717, 1.165) is 22.3 Å². The highest BCUT2D eigenvalue weighted by molar-refractivity contribution is 5.94. The maximum Gasteiger partial charge on any atom is 0.412 e. The van der Waals surface area contributed by atoms with Gasteiger partial charge in [0.1, 0.15) is 12.3 Å². The van der Waals surface area contributed by atoms with Crippen molar-refractivity contribution in [3.63, 3.8) is 0 Å². The van der Waals surface area contributed by atoms with Gasteiger partial charge in [-0.25, -0.2) is 4.79 Å². The van der Waals surface area contributed by atoms with E-state index in [1.165, 1.54) is 6.07 Å². The SMILES string of the molecule is O=C(O)CC1CCN(C(=O)c2cc(NC(=O)OCC3c4ccccc4-c4ccccc43)n[nH]2)C1. The van der Waals surface area contributed by atoms with E-state index in [2.05, 4.69) is 27.6 Å². The van der Waals surface area contributed by atoms with Crippen LogP contribution in [0.15, 0.2) is 54.6 Å². The van der Waals surface area contributed by atoms with Crippen LogP contribution >= 0.6 is 0 Å². The van der Waals surface area contributed by atoms with E-state index in [1.807, 2.05) is 36.4 Å². The average Bonchev–Trinajstić information content (AvgIpc) is 3.55. The van der Waals surface area contributed by atoms with Crippen molar-refractivity contribution in [2.24, 2.45) is 5.92 Å². The first-order valence-electron chi connectivity index (χ1n) is 11.2. The number of fused-ring (bicyclic) bond motifs is 3. The summed E-state index contributed by atoms with van der Waals surface area (Å²) in [5.41, 5.74) is 4.77. The Kier molecular flexibility index (Phi) is 5.75. The van der Waals surface area contributed by atoms with Crippen LogP contribution in [-0.4, -0.2) is 57.9 Å². The molecule has 5 rings (SSSR count). The first-order valence-corrected chi connectivity index (χ1v) is 11.2. The fourth-order valence-electron chi connectivity index (χ4n) is 4.84. The second-order valence-corrected chi connectivity index (χ2v) is 8.62. The predicted molar refractivity (Wildman–Crippen MR) is 124 cm³/mol. The summed E-state index contributed by atoms with van der Waals surface area (Å²) in [6, 6.07) is 17.6. The van der Waals surface area contributed by atoms with Crippen LogP contribution in [0.2, 0.25) is 0 Å². The maximum absolute atomic E-state index is 12.7. The van der Waals surface area contributed by atoms with Crippen LogP contribution < -0.4 is 5.32 Å². The lowest BCUT2D eigenvalue weighted by atomic mass is 9.98. The molecule has 0 spiro atoms. The largest absolute Gasteiger partial charge is 0.481 e. The van der Waals surface area contributed by atoms with Gasteiger partial charge in [-0.15, -0.1) is 0 Å². The molecule has 3 N–H and O–H groups in total. The Hall–Kier alpha value is -4.14. The van der Waals surface area contributed by atoms with Crippen LogP contribution in [-0.2, 0) is 9.53 Å². The molecule has 34 heavy (non-hydrogen) atoms. The number of likely N-dealkylation sites (tertiary alicyclic amines) is 1. The van der Waals surface area contributed by atoms with Crippen LogP contribution in [0.25, 0.3) is 11.1 Å². The number of carboxylic acid groups (broad SMARTS) is 1. The molecule has 2 aromatic carbocycles. The number of benzene rings is 2. The van der Waals surface area contributed by atoms with E-state index in [0.29, 0.717) is 19.5 Å². The second kappa shape index (κ2) is 9.01. The summed E-state index contributed by atoms with van der Waals surface area (Å²) in [7, 11) is 0. The van der Waals surface area contributed by atoms with E-state index in [4.69, 9.17) is 9.84 Å².